The second-order valence-electron chi connectivity index (χ2n) is 8.20. The number of rotatable bonds is 6. The summed E-state index contributed by atoms with van der Waals surface area (Å²) in [6.07, 6.45) is 3.15. The zero-order chi connectivity index (χ0) is 23.8. The smallest absolute Gasteiger partial charge is 0.319 e. The number of anilines is 1. The molecule has 1 aliphatic carbocycles. The molecular formula is C23H25FN4O5S. The van der Waals surface area contributed by atoms with Crippen molar-refractivity contribution in [2.45, 2.75) is 31.9 Å². The van der Waals surface area contributed by atoms with E-state index in [1.165, 1.54) is 36.6 Å². The molecule has 1 saturated carbocycles. The monoisotopic (exact) mass is 488 g/mol. The van der Waals surface area contributed by atoms with E-state index in [2.05, 4.69) is 15.6 Å². The highest BCUT2D eigenvalue weighted by atomic mass is 32.1. The molecule has 0 radical (unpaired) electrons. The first-order valence-corrected chi connectivity index (χ1v) is 11.6. The number of aromatic nitrogens is 1. The summed E-state index contributed by atoms with van der Waals surface area (Å²) in [5.74, 6) is -0.861. The number of carbonyl (C=O) groups excluding carboxylic acids is 3. The maximum absolute atomic E-state index is 14.7. The molecule has 180 valence electrons. The number of pyridine rings is 1. The van der Waals surface area contributed by atoms with E-state index in [4.69, 9.17) is 9.47 Å². The third kappa shape index (κ3) is 4.79. The van der Waals surface area contributed by atoms with E-state index >= 15 is 0 Å². The average molecular weight is 489 g/mol. The van der Waals surface area contributed by atoms with Crippen molar-refractivity contribution < 1.29 is 31.1 Å². The van der Waals surface area contributed by atoms with Gasteiger partial charge in [-0.3, -0.25) is 14.6 Å². The van der Waals surface area contributed by atoms with Crippen molar-refractivity contribution in [2.75, 3.05) is 18.4 Å². The number of benzene rings is 1. The Labute approximate surface area is 200 Å². The molecule has 11 heteroatoms. The third-order valence-electron chi connectivity index (χ3n) is 5.38. The molecule has 5 rings (SSSR count). The summed E-state index contributed by atoms with van der Waals surface area (Å²) in [6.45, 7) is 2.02. The number of esters is 1. The van der Waals surface area contributed by atoms with Crippen LogP contribution in [0.3, 0.4) is 0 Å². The largest absolute Gasteiger partial charge is 0.459 e. The van der Waals surface area contributed by atoms with Crippen LogP contribution < -0.4 is 15.4 Å². The van der Waals surface area contributed by atoms with Gasteiger partial charge >= 0.3 is 12.0 Å². The summed E-state index contributed by atoms with van der Waals surface area (Å²) in [5, 5.41) is 5.37. The van der Waals surface area contributed by atoms with Crippen molar-refractivity contribution in [1.29, 1.82) is 0 Å². The van der Waals surface area contributed by atoms with Crippen molar-refractivity contribution in [3.05, 3.63) is 47.2 Å². The molecular weight excluding hydrogens is 463 g/mol. The topological polar surface area (TPSA) is 110 Å². The SMILES string of the molecule is CC(=O)OC1CN(C(=O)c2cc3nccc(Oc4ccc(NC(=O)NC5CC5)cc4F)c3s2)C1.[HH].[HH]. The number of hydrogen-bond donors (Lipinski definition) is 2. The lowest BCUT2D eigenvalue weighted by Gasteiger charge is -2.37. The minimum atomic E-state index is -0.640. The summed E-state index contributed by atoms with van der Waals surface area (Å²) in [7, 11) is 0. The first-order chi connectivity index (χ1) is 16.4. The molecule has 0 unspecified atom stereocenters. The Balaban J connectivity index is 0.00000180. The normalized spacial score (nSPS) is 15.5. The lowest BCUT2D eigenvalue weighted by atomic mass is 10.1. The molecule has 3 amide bonds. The van der Waals surface area contributed by atoms with Crippen molar-refractivity contribution in [3.63, 3.8) is 0 Å². The van der Waals surface area contributed by atoms with Gasteiger partial charge in [-0.25, -0.2) is 9.18 Å². The van der Waals surface area contributed by atoms with E-state index < -0.39 is 5.82 Å². The molecule has 2 N–H and O–H groups in total. The van der Waals surface area contributed by atoms with Crippen LogP contribution in [0, 0.1) is 5.82 Å². The number of nitrogens with one attached hydrogen (secondary N) is 2. The molecule has 9 nitrogen and oxygen atoms in total. The first-order valence-electron chi connectivity index (χ1n) is 10.8. The number of carbonyl (C=O) groups is 3. The molecule has 2 fully saturated rings. The quantitative estimate of drug-likeness (QED) is 0.498. The van der Waals surface area contributed by atoms with Gasteiger partial charge in [-0.15, -0.1) is 11.3 Å². The van der Waals surface area contributed by atoms with Gasteiger partial charge in [-0.05, 0) is 31.0 Å². The van der Waals surface area contributed by atoms with Crippen LogP contribution in [-0.4, -0.2) is 53.0 Å². The number of hydrogen-bond acceptors (Lipinski definition) is 7. The molecule has 0 bridgehead atoms. The molecule has 2 aliphatic rings. The highest BCUT2D eigenvalue weighted by Crippen LogP contribution is 2.37. The van der Waals surface area contributed by atoms with Crippen LogP contribution in [0.5, 0.6) is 11.5 Å². The Kier molecular flexibility index (Phi) is 5.78. The first kappa shape index (κ1) is 22.1. The second-order valence-corrected chi connectivity index (χ2v) is 9.25. The number of halogens is 1. The highest BCUT2D eigenvalue weighted by Gasteiger charge is 2.34. The van der Waals surface area contributed by atoms with Gasteiger partial charge in [0.2, 0.25) is 0 Å². The van der Waals surface area contributed by atoms with Gasteiger partial charge in [-0.1, -0.05) is 0 Å². The number of ether oxygens (including phenoxy) is 2. The Hall–Kier alpha value is -3.73. The Morgan fingerprint density at radius 2 is 1.97 bits per heavy atom. The Morgan fingerprint density at radius 1 is 1.18 bits per heavy atom. The van der Waals surface area contributed by atoms with Crippen LogP contribution in [0.1, 0.15) is 32.3 Å². The molecule has 3 aromatic rings. The van der Waals surface area contributed by atoms with Gasteiger partial charge in [0.05, 0.1) is 28.2 Å². The molecule has 1 saturated heterocycles. The van der Waals surface area contributed by atoms with E-state index in [1.807, 2.05) is 0 Å². The minimum Gasteiger partial charge on any atom is -0.459 e. The zero-order valence-corrected chi connectivity index (χ0v) is 19.0. The highest BCUT2D eigenvalue weighted by molar-refractivity contribution is 7.21. The maximum Gasteiger partial charge on any atom is 0.319 e. The average Bonchev–Trinajstić information content (AvgIpc) is 3.45. The number of thiophene rings is 1. The summed E-state index contributed by atoms with van der Waals surface area (Å²) < 4.78 is 26.2. The van der Waals surface area contributed by atoms with Crippen LogP contribution in [0.25, 0.3) is 10.2 Å². The lowest BCUT2D eigenvalue weighted by molar-refractivity contribution is -0.152. The number of urea groups is 1. The van der Waals surface area contributed by atoms with E-state index in [1.54, 1.807) is 23.1 Å². The number of amides is 3. The molecule has 1 aliphatic heterocycles. The van der Waals surface area contributed by atoms with Crippen LogP contribution >= 0.6 is 11.3 Å². The van der Waals surface area contributed by atoms with E-state index in [-0.39, 0.29) is 38.7 Å². The summed E-state index contributed by atoms with van der Waals surface area (Å²) in [5.41, 5.74) is 0.867. The second kappa shape index (κ2) is 8.90. The summed E-state index contributed by atoms with van der Waals surface area (Å²) in [4.78, 5) is 42.0. The van der Waals surface area contributed by atoms with Crippen LogP contribution in [0.2, 0.25) is 0 Å². The fraction of sp³-hybridized carbons (Fsp3) is 0.304. The fourth-order valence-electron chi connectivity index (χ4n) is 3.53. The molecule has 2 aromatic heterocycles. The van der Waals surface area contributed by atoms with E-state index in [0.29, 0.717) is 39.6 Å². The predicted molar refractivity (Wildman–Crippen MR) is 127 cm³/mol. The molecule has 3 heterocycles. The zero-order valence-electron chi connectivity index (χ0n) is 18.2. The van der Waals surface area contributed by atoms with Crippen molar-refractivity contribution in [1.82, 2.24) is 15.2 Å². The molecule has 0 atom stereocenters. The van der Waals surface area contributed by atoms with Crippen molar-refractivity contribution >= 4 is 45.1 Å². The van der Waals surface area contributed by atoms with Gasteiger partial charge in [0.1, 0.15) is 11.9 Å². The van der Waals surface area contributed by atoms with Crippen LogP contribution in [-0.2, 0) is 9.53 Å². The fourth-order valence-corrected chi connectivity index (χ4v) is 4.56. The molecule has 1 aromatic carbocycles. The van der Waals surface area contributed by atoms with Crippen molar-refractivity contribution in [2.24, 2.45) is 0 Å². The molecule has 0 spiro atoms. The summed E-state index contributed by atoms with van der Waals surface area (Å²) >= 11 is 1.20. The standard InChI is InChI=1S/C23H21FN4O5S.2H2/c1-12(29)32-15-10-28(11-15)22(30)20-9-17-21(34-20)19(6-7-25-17)33-18-5-4-14(8-16(18)24)27-23(31)26-13-2-3-13;;/h4-9,13,15H,2-3,10-11H2,1H3,(H2,26,27,31);2*1H. The van der Waals surface area contributed by atoms with E-state index in [0.717, 1.165) is 12.8 Å². The van der Waals surface area contributed by atoms with Gasteiger partial charge < -0.3 is 25.0 Å². The molecule has 34 heavy (non-hydrogen) atoms. The summed E-state index contributed by atoms with van der Waals surface area (Å²) in [6, 6.07) is 7.26. The minimum absolute atomic E-state index is 0. The number of likely N-dealkylation sites (tertiary alicyclic amines) is 1. The lowest BCUT2D eigenvalue weighted by Crippen LogP contribution is -2.55. The van der Waals surface area contributed by atoms with Gasteiger partial charge in [0.15, 0.2) is 11.6 Å². The van der Waals surface area contributed by atoms with Gasteiger partial charge in [0.25, 0.3) is 5.91 Å². The number of fused-ring (bicyclic) bond motifs is 1. The maximum atomic E-state index is 14.7. The van der Waals surface area contributed by atoms with Crippen LogP contribution in [0.4, 0.5) is 14.9 Å². The van der Waals surface area contributed by atoms with Gasteiger partial charge in [0, 0.05) is 39.8 Å². The Bertz CT molecular complexity index is 1300. The van der Waals surface area contributed by atoms with E-state index in [9.17, 15) is 18.8 Å². The third-order valence-corrected chi connectivity index (χ3v) is 6.50. The van der Waals surface area contributed by atoms with Gasteiger partial charge in [-0.2, -0.15) is 0 Å². The van der Waals surface area contributed by atoms with Crippen molar-refractivity contribution in [3.8, 4) is 11.5 Å². The Morgan fingerprint density at radius 3 is 2.68 bits per heavy atom. The predicted octanol–water partition coefficient (Wildman–Crippen LogP) is 4.39. The number of nitrogens with zero attached hydrogens (tertiary/aromatic N) is 2. The van der Waals surface area contributed by atoms with Crippen LogP contribution in [0.15, 0.2) is 36.5 Å².